The van der Waals surface area contributed by atoms with Gasteiger partial charge in [-0.15, -0.1) is 0 Å². The van der Waals surface area contributed by atoms with E-state index in [9.17, 15) is 5.11 Å². The number of nitrogens with one attached hydrogen (secondary N) is 2. The van der Waals surface area contributed by atoms with Crippen molar-refractivity contribution in [2.75, 3.05) is 18.5 Å². The van der Waals surface area contributed by atoms with Crippen molar-refractivity contribution in [3.63, 3.8) is 0 Å². The van der Waals surface area contributed by atoms with E-state index in [4.69, 9.17) is 9.97 Å². The highest BCUT2D eigenvalue weighted by Crippen LogP contribution is 2.25. The van der Waals surface area contributed by atoms with E-state index in [1.54, 1.807) is 23.7 Å². The number of rotatable bonds is 7. The Morgan fingerprint density at radius 1 is 1.27 bits per heavy atom. The van der Waals surface area contributed by atoms with Crippen molar-refractivity contribution in [3.05, 3.63) is 58.2 Å². The van der Waals surface area contributed by atoms with Crippen molar-refractivity contribution in [3.8, 4) is 11.4 Å². The molecular formula is C19H21N5OS. The fraction of sp³-hybridized carbons (Fsp3) is 0.316. The van der Waals surface area contributed by atoms with Crippen LogP contribution in [0, 0.1) is 5.92 Å². The zero-order valence-electron chi connectivity index (χ0n) is 14.4. The number of fused-ring (bicyclic) bond motifs is 1. The topological polar surface area (TPSA) is 83.0 Å². The molecule has 0 radical (unpaired) electrons. The Kier molecular flexibility index (Phi) is 5.19. The standard InChI is InChI=1S/C19H21N5OS/c25-11-14(6-13-3-5-26-12-13)7-22-19-16-9-21-10-17(16)23-18(24-19)15-2-1-4-20-8-15/h1-5,8,12,14,21,25H,6-7,9-11H2,(H,22,23,24)/t14-/m1/s1. The average molecular weight is 367 g/mol. The number of hydrogen-bond donors (Lipinski definition) is 3. The largest absolute Gasteiger partial charge is 0.396 e. The summed E-state index contributed by atoms with van der Waals surface area (Å²) in [5.74, 6) is 1.68. The van der Waals surface area contributed by atoms with Gasteiger partial charge in [0.25, 0.3) is 0 Å². The second-order valence-electron chi connectivity index (χ2n) is 6.43. The summed E-state index contributed by atoms with van der Waals surface area (Å²) in [4.78, 5) is 13.6. The van der Waals surface area contributed by atoms with Crippen LogP contribution in [0.5, 0.6) is 0 Å². The Bertz CT molecular complexity index is 854. The van der Waals surface area contributed by atoms with E-state index in [-0.39, 0.29) is 12.5 Å². The van der Waals surface area contributed by atoms with Crippen molar-refractivity contribution in [1.82, 2.24) is 20.3 Å². The Hall–Kier alpha value is -2.35. The molecule has 0 saturated carbocycles. The van der Waals surface area contributed by atoms with Gasteiger partial charge in [0.05, 0.1) is 5.69 Å². The van der Waals surface area contributed by atoms with Crippen molar-refractivity contribution in [1.29, 1.82) is 0 Å². The maximum atomic E-state index is 9.74. The Balaban J connectivity index is 1.54. The minimum Gasteiger partial charge on any atom is -0.396 e. The summed E-state index contributed by atoms with van der Waals surface area (Å²) < 4.78 is 0. The van der Waals surface area contributed by atoms with Gasteiger partial charge in [0.2, 0.25) is 0 Å². The van der Waals surface area contributed by atoms with Crippen LogP contribution in [-0.2, 0) is 19.5 Å². The van der Waals surface area contributed by atoms with Crippen LogP contribution in [0.2, 0.25) is 0 Å². The fourth-order valence-electron chi connectivity index (χ4n) is 3.12. The molecule has 3 aromatic rings. The van der Waals surface area contributed by atoms with E-state index in [0.29, 0.717) is 12.4 Å². The molecule has 26 heavy (non-hydrogen) atoms. The number of anilines is 1. The molecule has 0 aliphatic carbocycles. The second kappa shape index (κ2) is 7.90. The third kappa shape index (κ3) is 3.75. The molecule has 6 nitrogen and oxygen atoms in total. The van der Waals surface area contributed by atoms with Gasteiger partial charge in [-0.1, -0.05) is 0 Å². The molecule has 0 unspecified atom stereocenters. The van der Waals surface area contributed by atoms with Gasteiger partial charge < -0.3 is 15.7 Å². The molecule has 3 aromatic heterocycles. The zero-order valence-corrected chi connectivity index (χ0v) is 15.2. The number of aliphatic hydroxyl groups excluding tert-OH is 1. The van der Waals surface area contributed by atoms with Crippen LogP contribution >= 0.6 is 11.3 Å². The third-order valence-electron chi connectivity index (χ3n) is 4.53. The number of pyridine rings is 1. The number of aliphatic hydroxyl groups is 1. The molecule has 0 aromatic carbocycles. The van der Waals surface area contributed by atoms with Gasteiger partial charge >= 0.3 is 0 Å². The minimum absolute atomic E-state index is 0.143. The number of aromatic nitrogens is 3. The van der Waals surface area contributed by atoms with Gasteiger partial charge in [-0.2, -0.15) is 11.3 Å². The Morgan fingerprint density at radius 2 is 2.23 bits per heavy atom. The molecule has 1 atom stereocenters. The summed E-state index contributed by atoms with van der Waals surface area (Å²) in [6.45, 7) is 2.32. The second-order valence-corrected chi connectivity index (χ2v) is 7.21. The molecule has 1 aliphatic heterocycles. The van der Waals surface area contributed by atoms with E-state index in [1.807, 2.05) is 12.1 Å². The highest BCUT2D eigenvalue weighted by atomic mass is 32.1. The smallest absolute Gasteiger partial charge is 0.163 e. The van der Waals surface area contributed by atoms with Crippen LogP contribution in [0.1, 0.15) is 16.8 Å². The van der Waals surface area contributed by atoms with Crippen LogP contribution in [0.15, 0.2) is 41.4 Å². The molecule has 4 heterocycles. The molecule has 0 spiro atoms. The summed E-state index contributed by atoms with van der Waals surface area (Å²) in [6, 6.07) is 5.97. The molecule has 0 amide bonds. The monoisotopic (exact) mass is 367 g/mol. The van der Waals surface area contributed by atoms with Gasteiger partial charge in [0.15, 0.2) is 5.82 Å². The van der Waals surface area contributed by atoms with Gasteiger partial charge in [-0.25, -0.2) is 9.97 Å². The van der Waals surface area contributed by atoms with Gasteiger partial charge in [-0.05, 0) is 40.9 Å². The number of thiophene rings is 1. The third-order valence-corrected chi connectivity index (χ3v) is 5.26. The molecule has 134 valence electrons. The fourth-order valence-corrected chi connectivity index (χ4v) is 3.80. The first kappa shape index (κ1) is 17.1. The average Bonchev–Trinajstić information content (AvgIpc) is 3.37. The SMILES string of the molecule is OC[C@@H](CNc1nc(-c2cccnc2)nc2c1CNC2)Cc1ccsc1. The summed E-state index contributed by atoms with van der Waals surface area (Å²) in [7, 11) is 0. The quantitative estimate of drug-likeness (QED) is 0.595. The highest BCUT2D eigenvalue weighted by molar-refractivity contribution is 7.07. The van der Waals surface area contributed by atoms with E-state index < -0.39 is 0 Å². The maximum Gasteiger partial charge on any atom is 0.163 e. The Labute approximate surface area is 156 Å². The Morgan fingerprint density at radius 3 is 3.00 bits per heavy atom. The zero-order chi connectivity index (χ0) is 17.8. The molecule has 3 N–H and O–H groups in total. The number of hydrogen-bond acceptors (Lipinski definition) is 7. The van der Waals surface area contributed by atoms with Crippen molar-refractivity contribution in [2.45, 2.75) is 19.5 Å². The molecule has 7 heteroatoms. The van der Waals surface area contributed by atoms with Crippen molar-refractivity contribution >= 4 is 17.2 Å². The van der Waals surface area contributed by atoms with Crippen LogP contribution in [0.3, 0.4) is 0 Å². The predicted molar refractivity (Wildman–Crippen MR) is 103 cm³/mol. The van der Waals surface area contributed by atoms with Gasteiger partial charge in [0, 0.05) is 55.7 Å². The minimum atomic E-state index is 0.143. The molecule has 4 rings (SSSR count). The van der Waals surface area contributed by atoms with Crippen molar-refractivity contribution < 1.29 is 5.11 Å². The summed E-state index contributed by atoms with van der Waals surface area (Å²) >= 11 is 1.69. The van der Waals surface area contributed by atoms with Gasteiger partial charge in [-0.3, -0.25) is 4.98 Å². The molecule has 0 bridgehead atoms. The molecule has 1 aliphatic rings. The summed E-state index contributed by atoms with van der Waals surface area (Å²) in [5, 5.41) is 20.7. The predicted octanol–water partition coefficient (Wildman–Crippen LogP) is 2.47. The summed E-state index contributed by atoms with van der Waals surface area (Å²) in [6.07, 6.45) is 4.38. The maximum absolute atomic E-state index is 9.74. The van der Waals surface area contributed by atoms with E-state index in [1.165, 1.54) is 5.56 Å². The lowest BCUT2D eigenvalue weighted by Crippen LogP contribution is -2.21. The summed E-state index contributed by atoms with van der Waals surface area (Å²) in [5.41, 5.74) is 4.31. The highest BCUT2D eigenvalue weighted by Gasteiger charge is 2.20. The lowest BCUT2D eigenvalue weighted by molar-refractivity contribution is 0.232. The lowest BCUT2D eigenvalue weighted by atomic mass is 10.0. The van der Waals surface area contributed by atoms with Crippen molar-refractivity contribution in [2.24, 2.45) is 5.92 Å². The first-order valence-electron chi connectivity index (χ1n) is 8.70. The van der Waals surface area contributed by atoms with Crippen LogP contribution in [0.25, 0.3) is 11.4 Å². The van der Waals surface area contributed by atoms with E-state index >= 15 is 0 Å². The molecule has 0 saturated heterocycles. The first-order valence-corrected chi connectivity index (χ1v) is 9.64. The normalized spacial score (nSPS) is 14.2. The first-order chi connectivity index (χ1) is 12.8. The van der Waals surface area contributed by atoms with Crippen LogP contribution < -0.4 is 10.6 Å². The molecule has 0 fully saturated rings. The van der Waals surface area contributed by atoms with E-state index in [2.05, 4.69) is 32.4 Å². The van der Waals surface area contributed by atoms with Gasteiger partial charge in [0.1, 0.15) is 5.82 Å². The van der Waals surface area contributed by atoms with Crippen LogP contribution in [0.4, 0.5) is 5.82 Å². The lowest BCUT2D eigenvalue weighted by Gasteiger charge is -2.17. The number of nitrogens with zero attached hydrogens (tertiary/aromatic N) is 3. The van der Waals surface area contributed by atoms with E-state index in [0.717, 1.165) is 42.1 Å². The molecular weight excluding hydrogens is 346 g/mol. The van der Waals surface area contributed by atoms with Crippen LogP contribution in [-0.4, -0.2) is 33.2 Å².